The molecule has 0 aliphatic rings. The molecule has 180 valence electrons. The molecule has 0 aliphatic heterocycles. The zero-order valence-electron chi connectivity index (χ0n) is 18.7. The Morgan fingerprint density at radius 2 is 1.19 bits per heavy atom. The van der Waals surface area contributed by atoms with Gasteiger partial charge in [-0.25, -0.2) is 0 Å². The molecule has 0 saturated heterocycles. The Balaban J connectivity index is 0.000000320. The van der Waals surface area contributed by atoms with Crippen molar-refractivity contribution in [1.29, 1.82) is 0 Å². The molecule has 1 nitrogen and oxygen atoms in total. The molecule has 0 heterocycles. The topological polar surface area (TPSA) is 26.0 Å². The molecular weight excluding hydrogens is 516 g/mol. The van der Waals surface area contributed by atoms with E-state index >= 15 is 0 Å². The summed E-state index contributed by atoms with van der Waals surface area (Å²) in [5.74, 6) is 1.68. The first-order chi connectivity index (χ1) is 14.4. The lowest BCUT2D eigenvalue weighted by molar-refractivity contribution is -0.143. The van der Waals surface area contributed by atoms with E-state index in [1.807, 2.05) is 0 Å². The van der Waals surface area contributed by atoms with Crippen LogP contribution in [0.15, 0.2) is 33.6 Å². The molecule has 0 atom stereocenters. The van der Waals surface area contributed by atoms with Crippen molar-refractivity contribution in [3.63, 3.8) is 0 Å². The van der Waals surface area contributed by atoms with Gasteiger partial charge in [0, 0.05) is 10.6 Å². The predicted molar refractivity (Wildman–Crippen MR) is 125 cm³/mol. The second-order valence-electron chi connectivity index (χ2n) is 8.43. The summed E-state index contributed by atoms with van der Waals surface area (Å²) in [6.07, 6.45) is -9.76. The molecule has 2 rings (SSSR count). The molecule has 2 N–H and O–H groups in total. The summed E-state index contributed by atoms with van der Waals surface area (Å²) in [7, 11) is 0. The third-order valence-electron chi connectivity index (χ3n) is 4.84. The number of nitrogens with two attached hydrogens (primary N) is 1. The summed E-state index contributed by atoms with van der Waals surface area (Å²) in [5, 5.41) is 0. The van der Waals surface area contributed by atoms with Crippen LogP contribution in [0.3, 0.4) is 0 Å². The number of nitrogen functional groups attached to an aromatic ring is 1. The lowest BCUT2D eigenvalue weighted by Gasteiger charge is -2.19. The van der Waals surface area contributed by atoms with Crippen molar-refractivity contribution in [3.05, 3.63) is 56.6 Å². The summed E-state index contributed by atoms with van der Waals surface area (Å²) in [6.45, 7) is 13.5. The van der Waals surface area contributed by atoms with E-state index in [-0.39, 0.29) is 6.07 Å². The molecule has 0 fully saturated rings. The Kier molecular flexibility index (Phi) is 9.61. The van der Waals surface area contributed by atoms with Gasteiger partial charge >= 0.3 is 12.4 Å². The van der Waals surface area contributed by atoms with E-state index in [0.29, 0.717) is 23.8 Å². The molecule has 2 aromatic rings. The minimum Gasteiger partial charge on any atom is -0.398 e. The maximum absolute atomic E-state index is 12.3. The zero-order chi connectivity index (χ0) is 25.2. The van der Waals surface area contributed by atoms with Gasteiger partial charge in [0.2, 0.25) is 0 Å². The third kappa shape index (κ3) is 7.33. The van der Waals surface area contributed by atoms with Crippen LogP contribution in [0.5, 0.6) is 0 Å². The number of halogens is 7. The average Bonchev–Trinajstić information content (AvgIpc) is 2.61. The van der Waals surface area contributed by atoms with Crippen molar-refractivity contribution in [2.75, 3.05) is 5.73 Å². The molecule has 0 unspecified atom stereocenters. The largest absolute Gasteiger partial charge is 0.417 e. The summed E-state index contributed by atoms with van der Waals surface area (Å²) in [6, 6.07) is 5.10. The zero-order valence-corrected chi connectivity index (χ0v) is 21.2. The van der Waals surface area contributed by atoms with Crippen LogP contribution < -0.4 is 5.73 Å². The lowest BCUT2D eigenvalue weighted by Crippen LogP contribution is -2.12. The highest BCUT2D eigenvalue weighted by molar-refractivity contribution is 9.10. The van der Waals surface area contributed by atoms with Crippen LogP contribution in [0.2, 0.25) is 0 Å². The second-order valence-corrected chi connectivity index (χ2v) is 9.67. The molecule has 0 bridgehead atoms. The van der Waals surface area contributed by atoms with E-state index in [0.717, 1.165) is 0 Å². The van der Waals surface area contributed by atoms with Crippen molar-refractivity contribution in [3.8, 4) is 0 Å². The second kappa shape index (κ2) is 10.7. The highest BCUT2D eigenvalue weighted by atomic mass is 79.9. The fourth-order valence-electron chi connectivity index (χ4n) is 2.93. The van der Waals surface area contributed by atoms with Gasteiger partial charge in [-0.15, -0.1) is 12.6 Å². The molecule has 0 radical (unpaired) electrons. The van der Waals surface area contributed by atoms with Gasteiger partial charge in [0.1, 0.15) is 0 Å². The minimum atomic E-state index is -4.89. The number of benzene rings is 2. The number of alkyl halides is 6. The van der Waals surface area contributed by atoms with Gasteiger partial charge in [0.05, 0.1) is 15.6 Å². The van der Waals surface area contributed by atoms with Crippen LogP contribution >= 0.6 is 28.6 Å². The maximum atomic E-state index is 12.3. The summed E-state index contributed by atoms with van der Waals surface area (Å²) >= 11 is 7.21. The van der Waals surface area contributed by atoms with E-state index in [1.54, 1.807) is 0 Å². The van der Waals surface area contributed by atoms with Gasteiger partial charge in [0.15, 0.2) is 0 Å². The van der Waals surface area contributed by atoms with Crippen LogP contribution in [0.1, 0.15) is 87.1 Å². The first-order valence-electron chi connectivity index (χ1n) is 9.97. The van der Waals surface area contributed by atoms with Crippen LogP contribution in [-0.2, 0) is 12.4 Å². The van der Waals surface area contributed by atoms with Crippen LogP contribution in [0.25, 0.3) is 0 Å². The SMILES string of the molecule is CC(C)c1cc(C(C)C)c(S)c(C(C)C)c1.Nc1cc(C(F)(F)F)cc(C(F)(F)F)c1Br. The maximum Gasteiger partial charge on any atom is 0.417 e. The van der Waals surface area contributed by atoms with E-state index < -0.39 is 33.6 Å². The average molecular weight is 544 g/mol. The van der Waals surface area contributed by atoms with E-state index in [1.165, 1.54) is 21.6 Å². The molecule has 0 aromatic heterocycles. The van der Waals surface area contributed by atoms with Crippen LogP contribution in [0, 0.1) is 0 Å². The number of rotatable bonds is 3. The lowest BCUT2D eigenvalue weighted by atomic mass is 9.89. The van der Waals surface area contributed by atoms with E-state index in [4.69, 9.17) is 18.4 Å². The monoisotopic (exact) mass is 543 g/mol. The molecule has 0 aliphatic carbocycles. The first kappa shape index (κ1) is 28.7. The fourth-order valence-corrected chi connectivity index (χ4v) is 4.03. The molecule has 0 amide bonds. The Labute approximate surface area is 199 Å². The molecule has 9 heteroatoms. The van der Waals surface area contributed by atoms with Crippen molar-refractivity contribution in [1.82, 2.24) is 0 Å². The Bertz CT molecular complexity index is 904. The number of anilines is 1. The van der Waals surface area contributed by atoms with E-state index in [2.05, 4.69) is 69.6 Å². The van der Waals surface area contributed by atoms with Crippen LogP contribution in [0.4, 0.5) is 32.0 Å². The van der Waals surface area contributed by atoms with Gasteiger partial charge < -0.3 is 5.73 Å². The Morgan fingerprint density at radius 1 is 0.750 bits per heavy atom. The molecule has 2 aromatic carbocycles. The summed E-state index contributed by atoms with van der Waals surface area (Å²) < 4.78 is 73.1. The third-order valence-corrected chi connectivity index (χ3v) is 6.24. The first-order valence-corrected chi connectivity index (χ1v) is 11.2. The molecule has 0 spiro atoms. The number of hydrogen-bond donors (Lipinski definition) is 2. The number of thiol groups is 1. The minimum absolute atomic E-state index is 0.0143. The van der Waals surface area contributed by atoms with Crippen molar-refractivity contribution >= 4 is 34.2 Å². The molecule has 0 saturated carbocycles. The number of hydrogen-bond acceptors (Lipinski definition) is 2. The van der Waals surface area contributed by atoms with E-state index in [9.17, 15) is 26.3 Å². The Hall–Kier alpha value is -1.35. The molecular formula is C23H28BrF6NS. The van der Waals surface area contributed by atoms with Gasteiger partial charge in [-0.05, 0) is 62.5 Å². The summed E-state index contributed by atoms with van der Waals surface area (Å²) in [4.78, 5) is 1.19. The normalized spacial score (nSPS) is 12.4. The predicted octanol–water partition coefficient (Wildman–Crippen LogP) is 9.41. The standard InChI is InChI=1S/C15H24S.C8H4BrF6N/c1-9(2)12-7-13(10(3)4)15(16)14(8-12)11(5)6;9-6-4(8(13,14)15)1-3(2-5(6)16)7(10,11)12/h7-11,16H,1-6H3;1-2H,16H2. The van der Waals surface area contributed by atoms with Gasteiger partial charge in [-0.2, -0.15) is 26.3 Å². The Morgan fingerprint density at radius 3 is 1.50 bits per heavy atom. The van der Waals surface area contributed by atoms with Crippen molar-refractivity contribution in [2.24, 2.45) is 0 Å². The van der Waals surface area contributed by atoms with Gasteiger partial charge in [-0.1, -0.05) is 53.7 Å². The quantitative estimate of drug-likeness (QED) is 0.225. The van der Waals surface area contributed by atoms with Gasteiger partial charge in [0.25, 0.3) is 0 Å². The fraction of sp³-hybridized carbons (Fsp3) is 0.478. The van der Waals surface area contributed by atoms with Crippen LogP contribution in [-0.4, -0.2) is 0 Å². The molecule has 32 heavy (non-hydrogen) atoms. The van der Waals surface area contributed by atoms with Crippen molar-refractivity contribution < 1.29 is 26.3 Å². The van der Waals surface area contributed by atoms with Crippen molar-refractivity contribution in [2.45, 2.75) is 76.5 Å². The summed E-state index contributed by atoms with van der Waals surface area (Å²) in [5.41, 5.74) is 5.79. The van der Waals surface area contributed by atoms with Gasteiger partial charge in [-0.3, -0.25) is 0 Å². The smallest absolute Gasteiger partial charge is 0.398 e. The highest BCUT2D eigenvalue weighted by Gasteiger charge is 2.38. The highest BCUT2D eigenvalue weighted by Crippen LogP contribution is 2.42.